The highest BCUT2D eigenvalue weighted by atomic mass is 79.9. The fraction of sp³-hybridized carbons (Fsp3) is 0.526. The largest absolute Gasteiger partial charge is 0.379 e. The molecule has 0 bridgehead atoms. The number of halogens is 1. The van der Waals surface area contributed by atoms with Gasteiger partial charge in [0.2, 0.25) is 0 Å². The van der Waals surface area contributed by atoms with Crippen molar-refractivity contribution in [3.8, 4) is 0 Å². The molecule has 2 N–H and O–H groups in total. The molecule has 0 spiro atoms. The first-order valence-corrected chi connectivity index (χ1v) is 11.0. The number of nitrogens with zero attached hydrogens (tertiary/aromatic N) is 2. The molecule has 1 aromatic rings. The van der Waals surface area contributed by atoms with E-state index in [4.69, 9.17) is 9.73 Å². The molecular weight excluding hydrogens is 412 g/mol. The molecule has 0 aromatic heterocycles. The fourth-order valence-corrected chi connectivity index (χ4v) is 3.24. The van der Waals surface area contributed by atoms with E-state index in [-0.39, 0.29) is 0 Å². The van der Waals surface area contributed by atoms with Crippen LogP contribution in [0, 0.1) is 0 Å². The summed E-state index contributed by atoms with van der Waals surface area (Å²) in [6.45, 7) is 9.64. The van der Waals surface area contributed by atoms with Gasteiger partial charge in [-0.25, -0.2) is 4.99 Å². The minimum Gasteiger partial charge on any atom is -0.379 e. The van der Waals surface area contributed by atoms with E-state index >= 15 is 0 Å². The van der Waals surface area contributed by atoms with Crippen molar-refractivity contribution in [2.75, 3.05) is 51.0 Å². The Labute approximate surface area is 169 Å². The zero-order valence-electron chi connectivity index (χ0n) is 15.8. The van der Waals surface area contributed by atoms with Gasteiger partial charge in [0, 0.05) is 41.2 Å². The van der Waals surface area contributed by atoms with Crippen LogP contribution >= 0.6 is 27.7 Å². The summed E-state index contributed by atoms with van der Waals surface area (Å²) in [4.78, 5) is 8.41. The van der Waals surface area contributed by atoms with Crippen molar-refractivity contribution in [2.45, 2.75) is 25.2 Å². The van der Waals surface area contributed by atoms with Gasteiger partial charge in [-0.1, -0.05) is 22.9 Å². The lowest BCUT2D eigenvalue weighted by Gasteiger charge is -2.26. The molecule has 0 unspecified atom stereocenters. The molecule has 0 aliphatic carbocycles. The molecule has 1 saturated heterocycles. The predicted molar refractivity (Wildman–Crippen MR) is 116 cm³/mol. The topological polar surface area (TPSA) is 48.9 Å². The Morgan fingerprint density at radius 3 is 2.58 bits per heavy atom. The van der Waals surface area contributed by atoms with Crippen LogP contribution < -0.4 is 10.6 Å². The van der Waals surface area contributed by atoms with Crippen LogP contribution in [0.1, 0.15) is 20.3 Å². The number of benzene rings is 1. The maximum absolute atomic E-state index is 5.40. The third-order valence-electron chi connectivity index (χ3n) is 4.09. The van der Waals surface area contributed by atoms with E-state index in [1.165, 1.54) is 4.90 Å². The number of allylic oxidation sites excluding steroid dienone is 1. The van der Waals surface area contributed by atoms with Gasteiger partial charge in [-0.3, -0.25) is 4.90 Å². The number of morpholine rings is 1. The minimum atomic E-state index is 0.831. The minimum absolute atomic E-state index is 0.831. The Balaban J connectivity index is 1.93. The van der Waals surface area contributed by atoms with Crippen LogP contribution in [-0.2, 0) is 4.74 Å². The molecule has 5 nitrogen and oxygen atoms in total. The zero-order chi connectivity index (χ0) is 18.8. The molecule has 0 amide bonds. The van der Waals surface area contributed by atoms with Gasteiger partial charge < -0.3 is 15.4 Å². The van der Waals surface area contributed by atoms with Crippen molar-refractivity contribution in [3.05, 3.63) is 34.6 Å². The molecule has 26 heavy (non-hydrogen) atoms. The standard InChI is InChI=1S/C19H29BrN4OS/c1-4-18(20)19(21-9-10-24-11-13-25-14-12-24)23-15(2)22-16-5-7-17(26-3)8-6-16/h5-8,21H,4,9-14H2,1-3H3,(H,22,23)/b19-18+. The summed E-state index contributed by atoms with van der Waals surface area (Å²) in [5.74, 6) is 1.76. The van der Waals surface area contributed by atoms with Crippen LogP contribution in [0.25, 0.3) is 0 Å². The Kier molecular flexibility index (Phi) is 9.53. The number of nitrogens with one attached hydrogen (secondary N) is 2. The number of rotatable bonds is 8. The molecule has 0 radical (unpaired) electrons. The van der Waals surface area contributed by atoms with Gasteiger partial charge in [0.15, 0.2) is 0 Å². The first kappa shape index (κ1) is 21.3. The summed E-state index contributed by atoms with van der Waals surface area (Å²) in [6.07, 6.45) is 2.98. The number of thioether (sulfide) groups is 1. The number of amidine groups is 1. The van der Waals surface area contributed by atoms with E-state index in [0.717, 1.165) is 67.6 Å². The summed E-state index contributed by atoms with van der Waals surface area (Å²) in [7, 11) is 0. The maximum atomic E-state index is 5.40. The monoisotopic (exact) mass is 440 g/mol. The third kappa shape index (κ3) is 7.31. The van der Waals surface area contributed by atoms with Crippen LogP contribution in [0.4, 0.5) is 5.69 Å². The number of aliphatic imine (C=N–C) groups is 1. The molecule has 1 aliphatic rings. The van der Waals surface area contributed by atoms with Crippen LogP contribution in [0.2, 0.25) is 0 Å². The fourth-order valence-electron chi connectivity index (χ4n) is 2.60. The second-order valence-corrected chi connectivity index (χ2v) is 7.88. The Morgan fingerprint density at radius 1 is 1.27 bits per heavy atom. The van der Waals surface area contributed by atoms with E-state index in [1.54, 1.807) is 11.8 Å². The number of anilines is 1. The van der Waals surface area contributed by atoms with Gasteiger partial charge in [0.1, 0.15) is 11.7 Å². The van der Waals surface area contributed by atoms with Gasteiger partial charge in [-0.05, 0) is 43.9 Å². The molecule has 144 valence electrons. The quantitative estimate of drug-likeness (QED) is 0.361. The lowest BCUT2D eigenvalue weighted by molar-refractivity contribution is 0.0387. The van der Waals surface area contributed by atoms with Gasteiger partial charge in [-0.2, -0.15) is 0 Å². The van der Waals surface area contributed by atoms with Crippen molar-refractivity contribution < 1.29 is 4.74 Å². The molecule has 1 heterocycles. The number of hydrogen-bond donors (Lipinski definition) is 2. The lowest BCUT2D eigenvalue weighted by atomic mass is 10.3. The number of hydrogen-bond acceptors (Lipinski definition) is 5. The average molecular weight is 441 g/mol. The summed E-state index contributed by atoms with van der Waals surface area (Å²) in [5, 5.41) is 6.83. The molecule has 1 aliphatic heterocycles. The van der Waals surface area contributed by atoms with E-state index in [1.807, 2.05) is 6.92 Å². The van der Waals surface area contributed by atoms with E-state index < -0.39 is 0 Å². The summed E-state index contributed by atoms with van der Waals surface area (Å²) < 4.78 is 6.48. The summed E-state index contributed by atoms with van der Waals surface area (Å²) in [6, 6.07) is 8.38. The van der Waals surface area contributed by atoms with Crippen molar-refractivity contribution in [1.82, 2.24) is 10.2 Å². The van der Waals surface area contributed by atoms with Gasteiger partial charge in [0.05, 0.1) is 13.2 Å². The van der Waals surface area contributed by atoms with Crippen LogP contribution in [-0.4, -0.2) is 56.4 Å². The molecule has 0 atom stereocenters. The van der Waals surface area contributed by atoms with Gasteiger partial charge >= 0.3 is 0 Å². The van der Waals surface area contributed by atoms with E-state index in [9.17, 15) is 0 Å². The highest BCUT2D eigenvalue weighted by Crippen LogP contribution is 2.18. The van der Waals surface area contributed by atoms with E-state index in [2.05, 4.69) is 68.9 Å². The molecular formula is C19H29BrN4OS. The van der Waals surface area contributed by atoms with Gasteiger partial charge in [-0.15, -0.1) is 11.8 Å². The maximum Gasteiger partial charge on any atom is 0.138 e. The highest BCUT2D eigenvalue weighted by Gasteiger charge is 2.10. The smallest absolute Gasteiger partial charge is 0.138 e. The Morgan fingerprint density at radius 2 is 1.96 bits per heavy atom. The second kappa shape index (κ2) is 11.6. The molecule has 7 heteroatoms. The van der Waals surface area contributed by atoms with Crippen molar-refractivity contribution >= 4 is 39.2 Å². The van der Waals surface area contributed by atoms with Crippen LogP contribution in [0.15, 0.2) is 44.5 Å². The second-order valence-electron chi connectivity index (χ2n) is 6.04. The van der Waals surface area contributed by atoms with Gasteiger partial charge in [0.25, 0.3) is 0 Å². The zero-order valence-corrected chi connectivity index (χ0v) is 18.3. The molecule has 0 saturated carbocycles. The van der Waals surface area contributed by atoms with Crippen molar-refractivity contribution in [1.29, 1.82) is 0 Å². The van der Waals surface area contributed by atoms with Crippen molar-refractivity contribution in [2.24, 2.45) is 4.99 Å². The SMILES string of the molecule is CC/C(Br)=C(\N=C(/C)Nc1ccc(SC)cc1)NCCN1CCOCC1. The lowest BCUT2D eigenvalue weighted by Crippen LogP contribution is -2.40. The summed E-state index contributed by atoms with van der Waals surface area (Å²) >= 11 is 5.39. The third-order valence-corrected chi connectivity index (χ3v) is 5.77. The van der Waals surface area contributed by atoms with Crippen molar-refractivity contribution in [3.63, 3.8) is 0 Å². The predicted octanol–water partition coefficient (Wildman–Crippen LogP) is 4.13. The van der Waals surface area contributed by atoms with E-state index in [0.29, 0.717) is 0 Å². The Bertz CT molecular complexity index is 612. The first-order valence-electron chi connectivity index (χ1n) is 9.01. The highest BCUT2D eigenvalue weighted by molar-refractivity contribution is 9.11. The average Bonchev–Trinajstić information content (AvgIpc) is 2.68. The molecule has 2 rings (SSSR count). The molecule has 1 aromatic carbocycles. The van der Waals surface area contributed by atoms with Crippen LogP contribution in [0.3, 0.4) is 0 Å². The number of ether oxygens (including phenoxy) is 1. The Hall–Kier alpha value is -1.02. The van der Waals surface area contributed by atoms with Crippen LogP contribution in [0.5, 0.6) is 0 Å². The first-order chi connectivity index (χ1) is 12.6. The normalized spacial score (nSPS) is 17.0. The molecule has 1 fully saturated rings. The summed E-state index contributed by atoms with van der Waals surface area (Å²) in [5.41, 5.74) is 1.05.